The Morgan fingerprint density at radius 3 is 2.79 bits per heavy atom. The van der Waals surface area contributed by atoms with Crippen LogP contribution in [0, 0.1) is 5.92 Å². The van der Waals surface area contributed by atoms with Crippen molar-refractivity contribution in [1.29, 1.82) is 0 Å². The number of amides is 1. The standard InChI is InChI=1S/C19H21ClN2O2/c1-11-6-7-22(10-18(11)23)19(24)15-9-17(12-2-3-12)21-16-5-4-13(20)8-14(15)16/h4-5,8-9,11-12,18,23H,2-3,6-7,10H2,1H3. The highest BCUT2D eigenvalue weighted by Gasteiger charge is 2.31. The summed E-state index contributed by atoms with van der Waals surface area (Å²) < 4.78 is 0. The lowest BCUT2D eigenvalue weighted by atomic mass is 9.95. The van der Waals surface area contributed by atoms with Crippen LogP contribution in [0.25, 0.3) is 10.9 Å². The number of aliphatic hydroxyl groups excluding tert-OH is 1. The summed E-state index contributed by atoms with van der Waals surface area (Å²) in [5.74, 6) is 0.681. The SMILES string of the molecule is CC1CCN(C(=O)c2cc(C3CC3)nc3ccc(Cl)cc23)CC1O. The van der Waals surface area contributed by atoms with Crippen LogP contribution in [0.5, 0.6) is 0 Å². The van der Waals surface area contributed by atoms with E-state index in [1.807, 2.05) is 31.2 Å². The van der Waals surface area contributed by atoms with Gasteiger partial charge in [0, 0.05) is 35.1 Å². The van der Waals surface area contributed by atoms with Crippen LogP contribution in [-0.2, 0) is 0 Å². The molecule has 1 aromatic heterocycles. The maximum atomic E-state index is 13.1. The number of hydrogen-bond acceptors (Lipinski definition) is 3. The molecule has 2 aliphatic rings. The molecule has 1 aliphatic heterocycles. The molecule has 1 amide bonds. The Morgan fingerprint density at radius 2 is 2.08 bits per heavy atom. The first-order valence-electron chi connectivity index (χ1n) is 8.60. The maximum absolute atomic E-state index is 13.1. The number of likely N-dealkylation sites (tertiary alicyclic amines) is 1. The van der Waals surface area contributed by atoms with E-state index in [2.05, 4.69) is 0 Å². The average molecular weight is 345 g/mol. The van der Waals surface area contributed by atoms with Gasteiger partial charge in [-0.25, -0.2) is 0 Å². The molecule has 2 unspecified atom stereocenters. The molecule has 2 heterocycles. The minimum atomic E-state index is -0.456. The third-order valence-corrected chi connectivity index (χ3v) is 5.46. The highest BCUT2D eigenvalue weighted by Crippen LogP contribution is 2.40. The number of carbonyl (C=O) groups excluding carboxylic acids is 1. The second kappa shape index (κ2) is 6.01. The van der Waals surface area contributed by atoms with Crippen molar-refractivity contribution in [1.82, 2.24) is 9.88 Å². The van der Waals surface area contributed by atoms with Gasteiger partial charge in [-0.1, -0.05) is 18.5 Å². The first-order chi connectivity index (χ1) is 11.5. The number of nitrogens with zero attached hydrogens (tertiary/aromatic N) is 2. The Morgan fingerprint density at radius 1 is 1.29 bits per heavy atom. The molecule has 24 heavy (non-hydrogen) atoms. The van der Waals surface area contributed by atoms with Gasteiger partial charge in [0.15, 0.2) is 0 Å². The van der Waals surface area contributed by atoms with Gasteiger partial charge in [-0.15, -0.1) is 0 Å². The summed E-state index contributed by atoms with van der Waals surface area (Å²) in [6.07, 6.45) is 2.65. The van der Waals surface area contributed by atoms with E-state index in [4.69, 9.17) is 16.6 Å². The fraction of sp³-hybridized carbons (Fsp3) is 0.474. The predicted octanol–water partition coefficient (Wildman–Crippen LogP) is 3.61. The molecular weight excluding hydrogens is 324 g/mol. The zero-order chi connectivity index (χ0) is 16.8. The normalized spacial score (nSPS) is 24.4. The summed E-state index contributed by atoms with van der Waals surface area (Å²) >= 11 is 6.15. The van der Waals surface area contributed by atoms with Crippen molar-refractivity contribution in [3.8, 4) is 0 Å². The first kappa shape index (κ1) is 15.9. The summed E-state index contributed by atoms with van der Waals surface area (Å²) in [6, 6.07) is 7.45. The molecule has 2 fully saturated rings. The molecule has 0 radical (unpaired) electrons. The second-order valence-corrected chi connectivity index (χ2v) is 7.55. The fourth-order valence-electron chi connectivity index (χ4n) is 3.39. The number of benzene rings is 1. The Balaban J connectivity index is 1.76. The number of carbonyl (C=O) groups is 1. The molecule has 1 N–H and O–H groups in total. The van der Waals surface area contributed by atoms with Crippen molar-refractivity contribution in [3.63, 3.8) is 0 Å². The summed E-state index contributed by atoms with van der Waals surface area (Å²) in [4.78, 5) is 19.6. The molecule has 0 spiro atoms. The smallest absolute Gasteiger partial charge is 0.254 e. The van der Waals surface area contributed by atoms with E-state index < -0.39 is 6.10 Å². The van der Waals surface area contributed by atoms with Crippen LogP contribution in [0.15, 0.2) is 24.3 Å². The monoisotopic (exact) mass is 344 g/mol. The number of aromatic nitrogens is 1. The first-order valence-corrected chi connectivity index (χ1v) is 8.98. The quantitative estimate of drug-likeness (QED) is 0.905. The predicted molar refractivity (Wildman–Crippen MR) is 94.4 cm³/mol. The van der Waals surface area contributed by atoms with Gasteiger partial charge in [0.2, 0.25) is 0 Å². The van der Waals surface area contributed by atoms with Crippen molar-refractivity contribution >= 4 is 28.4 Å². The Bertz CT molecular complexity index is 803. The third kappa shape index (κ3) is 2.89. The van der Waals surface area contributed by atoms with Crippen LogP contribution in [-0.4, -0.2) is 40.1 Å². The van der Waals surface area contributed by atoms with Gasteiger partial charge in [-0.2, -0.15) is 0 Å². The number of fused-ring (bicyclic) bond motifs is 1. The van der Waals surface area contributed by atoms with Gasteiger partial charge in [0.1, 0.15) is 0 Å². The Kier molecular flexibility index (Phi) is 3.97. The van der Waals surface area contributed by atoms with Crippen molar-refractivity contribution < 1.29 is 9.90 Å². The average Bonchev–Trinajstić information content (AvgIpc) is 3.41. The number of piperidine rings is 1. The van der Waals surface area contributed by atoms with Crippen molar-refractivity contribution in [2.45, 2.75) is 38.2 Å². The van der Waals surface area contributed by atoms with Gasteiger partial charge >= 0.3 is 0 Å². The molecule has 4 nitrogen and oxygen atoms in total. The van der Waals surface area contributed by atoms with Gasteiger partial charge < -0.3 is 10.0 Å². The van der Waals surface area contributed by atoms with Crippen LogP contribution < -0.4 is 0 Å². The summed E-state index contributed by atoms with van der Waals surface area (Å²) in [7, 11) is 0. The highest BCUT2D eigenvalue weighted by atomic mass is 35.5. The molecule has 1 aromatic carbocycles. The maximum Gasteiger partial charge on any atom is 0.254 e. The van der Waals surface area contributed by atoms with Gasteiger partial charge in [-0.05, 0) is 49.4 Å². The number of β-amino-alcohol motifs (C(OH)–C–C–N with tert-alkyl or cyclic N) is 1. The zero-order valence-corrected chi connectivity index (χ0v) is 14.5. The molecule has 1 aliphatic carbocycles. The van der Waals surface area contributed by atoms with E-state index in [1.165, 1.54) is 0 Å². The van der Waals surface area contributed by atoms with Crippen LogP contribution in [0.1, 0.15) is 48.2 Å². The van der Waals surface area contributed by atoms with Crippen molar-refractivity contribution in [2.24, 2.45) is 5.92 Å². The Hall–Kier alpha value is -1.65. The van der Waals surface area contributed by atoms with E-state index in [9.17, 15) is 9.90 Å². The molecule has 126 valence electrons. The molecule has 5 heteroatoms. The molecule has 2 atom stereocenters. The molecule has 4 rings (SSSR count). The van der Waals surface area contributed by atoms with Gasteiger partial charge in [0.05, 0.1) is 17.2 Å². The molecular formula is C19H21ClN2O2. The lowest BCUT2D eigenvalue weighted by molar-refractivity contribution is 0.0250. The molecule has 0 bridgehead atoms. The van der Waals surface area contributed by atoms with Gasteiger partial charge in [0.25, 0.3) is 5.91 Å². The third-order valence-electron chi connectivity index (χ3n) is 5.22. The fourth-order valence-corrected chi connectivity index (χ4v) is 3.56. The number of rotatable bonds is 2. The van der Waals surface area contributed by atoms with Crippen molar-refractivity contribution in [3.05, 3.63) is 40.5 Å². The minimum Gasteiger partial charge on any atom is -0.391 e. The van der Waals surface area contributed by atoms with Crippen LogP contribution in [0.4, 0.5) is 0 Å². The van der Waals surface area contributed by atoms with Crippen LogP contribution in [0.2, 0.25) is 5.02 Å². The zero-order valence-electron chi connectivity index (χ0n) is 13.7. The second-order valence-electron chi connectivity index (χ2n) is 7.11. The molecule has 1 saturated carbocycles. The summed E-state index contributed by atoms with van der Waals surface area (Å²) in [5.41, 5.74) is 2.48. The lowest BCUT2D eigenvalue weighted by Gasteiger charge is -2.34. The van der Waals surface area contributed by atoms with Crippen molar-refractivity contribution in [2.75, 3.05) is 13.1 Å². The number of pyridine rings is 1. The van der Waals surface area contributed by atoms with Gasteiger partial charge in [-0.3, -0.25) is 9.78 Å². The topological polar surface area (TPSA) is 53.4 Å². The number of halogens is 1. The van der Waals surface area contributed by atoms with E-state index in [-0.39, 0.29) is 11.8 Å². The van der Waals surface area contributed by atoms with Crippen LogP contribution in [0.3, 0.4) is 0 Å². The molecule has 2 aromatic rings. The van der Waals surface area contributed by atoms with E-state index in [0.717, 1.165) is 35.9 Å². The Labute approximate surface area is 146 Å². The minimum absolute atomic E-state index is 0.0301. The summed E-state index contributed by atoms with van der Waals surface area (Å²) in [5, 5.41) is 11.5. The van der Waals surface area contributed by atoms with Crippen LogP contribution >= 0.6 is 11.6 Å². The van der Waals surface area contributed by atoms with E-state index >= 15 is 0 Å². The molecule has 1 saturated heterocycles. The van der Waals surface area contributed by atoms with E-state index in [0.29, 0.717) is 29.6 Å². The summed E-state index contributed by atoms with van der Waals surface area (Å²) in [6.45, 7) is 3.10. The largest absolute Gasteiger partial charge is 0.391 e. The van der Waals surface area contributed by atoms with E-state index in [1.54, 1.807) is 4.90 Å². The lowest BCUT2D eigenvalue weighted by Crippen LogP contribution is -2.45. The number of hydrogen-bond donors (Lipinski definition) is 1. The number of aliphatic hydroxyl groups is 1. The highest BCUT2D eigenvalue weighted by molar-refractivity contribution is 6.31.